The van der Waals surface area contributed by atoms with Crippen molar-refractivity contribution in [1.29, 1.82) is 0 Å². The Balaban J connectivity index is 2.76. The Bertz CT molecular complexity index is 406. The summed E-state index contributed by atoms with van der Waals surface area (Å²) in [7, 11) is 0. The van der Waals surface area contributed by atoms with E-state index >= 15 is 0 Å². The number of anilines is 1. The molecule has 0 bridgehead atoms. The summed E-state index contributed by atoms with van der Waals surface area (Å²) in [5.41, 5.74) is 0.0654. The molecular weight excluding hydrogens is 265 g/mol. The summed E-state index contributed by atoms with van der Waals surface area (Å²) in [4.78, 5) is 21.8. The van der Waals surface area contributed by atoms with Crippen LogP contribution in [0, 0.1) is 5.82 Å². The third kappa shape index (κ3) is 3.79. The zero-order valence-corrected chi connectivity index (χ0v) is 9.60. The number of hydrogen-bond donors (Lipinski definition) is 1. The van der Waals surface area contributed by atoms with Crippen LogP contribution in [0.25, 0.3) is 0 Å². The molecule has 5 heteroatoms. The monoisotopic (exact) mass is 273 g/mol. The highest BCUT2D eigenvalue weighted by Crippen LogP contribution is 2.19. The van der Waals surface area contributed by atoms with Crippen LogP contribution in [0.2, 0.25) is 0 Å². The molecule has 1 aromatic carbocycles. The first kappa shape index (κ1) is 11.8. The molecule has 0 aliphatic carbocycles. The topological polar surface area (TPSA) is 46.2 Å². The number of Topliss-reactive ketones (excluding diaryl/α,β-unsaturated/α-hetero) is 1. The zero-order valence-electron chi connectivity index (χ0n) is 8.01. The lowest BCUT2D eigenvalue weighted by Gasteiger charge is -2.05. The standard InChI is InChI=1S/C10H9BrFNO2/c1-6(14)4-10(15)13-9-5-7(11)2-3-8(9)12/h2-3,5H,4H2,1H3,(H,13,15). The van der Waals surface area contributed by atoms with E-state index in [-0.39, 0.29) is 17.9 Å². The van der Waals surface area contributed by atoms with Crippen LogP contribution in [0.15, 0.2) is 22.7 Å². The summed E-state index contributed by atoms with van der Waals surface area (Å²) >= 11 is 3.15. The minimum atomic E-state index is -0.532. The first-order valence-corrected chi connectivity index (χ1v) is 5.02. The van der Waals surface area contributed by atoms with Gasteiger partial charge in [0.25, 0.3) is 0 Å². The van der Waals surface area contributed by atoms with Gasteiger partial charge in [0, 0.05) is 4.47 Å². The minimum absolute atomic E-state index is 0.0654. The molecule has 0 saturated carbocycles. The molecule has 1 N–H and O–H groups in total. The summed E-state index contributed by atoms with van der Waals surface area (Å²) in [6.07, 6.45) is -0.244. The highest BCUT2D eigenvalue weighted by Gasteiger charge is 2.09. The van der Waals surface area contributed by atoms with Crippen LogP contribution in [-0.2, 0) is 9.59 Å². The number of halogens is 2. The number of nitrogens with one attached hydrogen (secondary N) is 1. The molecule has 0 atom stereocenters. The predicted molar refractivity (Wildman–Crippen MR) is 58.0 cm³/mol. The van der Waals surface area contributed by atoms with Gasteiger partial charge in [0.15, 0.2) is 0 Å². The van der Waals surface area contributed by atoms with E-state index in [4.69, 9.17) is 0 Å². The van der Waals surface area contributed by atoms with Crippen molar-refractivity contribution in [1.82, 2.24) is 0 Å². The molecule has 0 fully saturated rings. The third-order valence-electron chi connectivity index (χ3n) is 1.61. The SMILES string of the molecule is CC(=O)CC(=O)Nc1cc(Br)ccc1F. The van der Waals surface area contributed by atoms with Crippen LogP contribution in [0.4, 0.5) is 10.1 Å². The number of ketones is 1. The van der Waals surface area contributed by atoms with Crippen LogP contribution in [0.3, 0.4) is 0 Å². The van der Waals surface area contributed by atoms with E-state index < -0.39 is 11.7 Å². The van der Waals surface area contributed by atoms with Crippen molar-refractivity contribution in [3.8, 4) is 0 Å². The lowest BCUT2D eigenvalue weighted by Crippen LogP contribution is -2.15. The number of benzene rings is 1. The van der Waals surface area contributed by atoms with E-state index in [0.717, 1.165) is 0 Å². The van der Waals surface area contributed by atoms with Crippen molar-refractivity contribution in [2.24, 2.45) is 0 Å². The largest absolute Gasteiger partial charge is 0.323 e. The number of carbonyl (C=O) groups is 2. The van der Waals surface area contributed by atoms with Gasteiger partial charge in [-0.15, -0.1) is 0 Å². The van der Waals surface area contributed by atoms with E-state index in [0.29, 0.717) is 4.47 Å². The fraction of sp³-hybridized carbons (Fsp3) is 0.200. The average molecular weight is 274 g/mol. The van der Waals surface area contributed by atoms with Crippen molar-refractivity contribution < 1.29 is 14.0 Å². The number of hydrogen-bond acceptors (Lipinski definition) is 2. The van der Waals surface area contributed by atoms with Gasteiger partial charge in [0.2, 0.25) is 5.91 Å². The van der Waals surface area contributed by atoms with Gasteiger partial charge in [0.05, 0.1) is 12.1 Å². The van der Waals surface area contributed by atoms with E-state index in [9.17, 15) is 14.0 Å². The van der Waals surface area contributed by atoms with Crippen molar-refractivity contribution in [2.45, 2.75) is 13.3 Å². The van der Waals surface area contributed by atoms with Crippen molar-refractivity contribution >= 4 is 33.3 Å². The predicted octanol–water partition coefficient (Wildman–Crippen LogP) is 2.51. The lowest BCUT2D eigenvalue weighted by molar-refractivity contribution is -0.124. The number of amides is 1. The molecule has 1 aromatic rings. The van der Waals surface area contributed by atoms with E-state index in [1.165, 1.54) is 25.1 Å². The van der Waals surface area contributed by atoms with Gasteiger partial charge in [0.1, 0.15) is 11.6 Å². The molecule has 1 rings (SSSR count). The molecule has 0 saturated heterocycles. The maximum absolute atomic E-state index is 13.1. The summed E-state index contributed by atoms with van der Waals surface area (Å²) < 4.78 is 13.8. The molecule has 0 aliphatic rings. The second kappa shape index (κ2) is 5.02. The average Bonchev–Trinajstić information content (AvgIpc) is 2.10. The summed E-state index contributed by atoms with van der Waals surface area (Å²) in [5, 5.41) is 2.32. The van der Waals surface area contributed by atoms with Crippen LogP contribution in [-0.4, -0.2) is 11.7 Å². The molecular formula is C10H9BrFNO2. The third-order valence-corrected chi connectivity index (χ3v) is 2.11. The van der Waals surface area contributed by atoms with Gasteiger partial charge < -0.3 is 5.32 Å². The second-order valence-electron chi connectivity index (χ2n) is 3.05. The molecule has 1 amide bonds. The highest BCUT2D eigenvalue weighted by molar-refractivity contribution is 9.10. The number of carbonyl (C=O) groups excluding carboxylic acids is 2. The van der Waals surface area contributed by atoms with Gasteiger partial charge in [-0.05, 0) is 25.1 Å². The van der Waals surface area contributed by atoms with Crippen molar-refractivity contribution in [2.75, 3.05) is 5.32 Å². The normalized spacial score (nSPS) is 9.80. The van der Waals surface area contributed by atoms with Gasteiger partial charge in [-0.2, -0.15) is 0 Å². The van der Waals surface area contributed by atoms with Crippen LogP contribution in [0.1, 0.15) is 13.3 Å². The molecule has 15 heavy (non-hydrogen) atoms. The molecule has 0 radical (unpaired) electrons. The maximum Gasteiger partial charge on any atom is 0.231 e. The lowest BCUT2D eigenvalue weighted by atomic mass is 10.2. The summed E-state index contributed by atoms with van der Waals surface area (Å²) in [6, 6.07) is 4.19. The van der Waals surface area contributed by atoms with E-state index in [1.807, 2.05) is 0 Å². The Hall–Kier alpha value is -1.23. The molecule has 0 aromatic heterocycles. The van der Waals surface area contributed by atoms with Gasteiger partial charge >= 0.3 is 0 Å². The Kier molecular flexibility index (Phi) is 3.96. The quantitative estimate of drug-likeness (QED) is 0.861. The van der Waals surface area contributed by atoms with E-state index in [1.54, 1.807) is 0 Å². The first-order chi connectivity index (χ1) is 6.99. The fourth-order valence-corrected chi connectivity index (χ4v) is 1.37. The van der Waals surface area contributed by atoms with Crippen molar-refractivity contribution in [3.05, 3.63) is 28.5 Å². The summed E-state index contributed by atoms with van der Waals surface area (Å²) in [5.74, 6) is -1.31. The van der Waals surface area contributed by atoms with Crippen LogP contribution in [0.5, 0.6) is 0 Å². The van der Waals surface area contributed by atoms with Gasteiger partial charge in [-0.25, -0.2) is 4.39 Å². The Morgan fingerprint density at radius 1 is 1.47 bits per heavy atom. The van der Waals surface area contributed by atoms with E-state index in [2.05, 4.69) is 21.2 Å². The minimum Gasteiger partial charge on any atom is -0.323 e. The Morgan fingerprint density at radius 3 is 2.73 bits per heavy atom. The Labute approximate surface area is 94.8 Å². The van der Waals surface area contributed by atoms with Crippen molar-refractivity contribution in [3.63, 3.8) is 0 Å². The van der Waals surface area contributed by atoms with Gasteiger partial charge in [-0.3, -0.25) is 9.59 Å². The molecule has 80 valence electrons. The maximum atomic E-state index is 13.1. The molecule has 0 aliphatic heterocycles. The first-order valence-electron chi connectivity index (χ1n) is 4.23. The highest BCUT2D eigenvalue weighted by atomic mass is 79.9. The molecule has 0 heterocycles. The molecule has 0 unspecified atom stereocenters. The van der Waals surface area contributed by atoms with Crippen LogP contribution >= 0.6 is 15.9 Å². The smallest absolute Gasteiger partial charge is 0.231 e. The molecule has 3 nitrogen and oxygen atoms in total. The summed E-state index contributed by atoms with van der Waals surface area (Å²) in [6.45, 7) is 1.30. The number of rotatable bonds is 3. The molecule has 0 spiro atoms. The second-order valence-corrected chi connectivity index (χ2v) is 3.97. The van der Waals surface area contributed by atoms with Crippen LogP contribution < -0.4 is 5.32 Å². The Morgan fingerprint density at radius 2 is 2.13 bits per heavy atom. The van der Waals surface area contributed by atoms with Gasteiger partial charge in [-0.1, -0.05) is 15.9 Å². The fourth-order valence-electron chi connectivity index (χ4n) is 1.01. The zero-order chi connectivity index (χ0) is 11.4.